The normalized spacial score (nSPS) is 30.4. The summed E-state index contributed by atoms with van der Waals surface area (Å²) in [5.74, 6) is -4.40. The van der Waals surface area contributed by atoms with Gasteiger partial charge in [-0.1, -0.05) is 11.6 Å². The Hall–Kier alpha value is -3.05. The third-order valence-corrected chi connectivity index (χ3v) is 11.2. The van der Waals surface area contributed by atoms with Crippen molar-refractivity contribution in [3.8, 4) is 0 Å². The van der Waals surface area contributed by atoms with E-state index in [2.05, 4.69) is 14.5 Å². The van der Waals surface area contributed by atoms with E-state index in [0.717, 1.165) is 51.9 Å². The van der Waals surface area contributed by atoms with Gasteiger partial charge in [0.1, 0.15) is 0 Å². The number of carboxylic acid groups (broad SMARTS) is 1. The largest absolute Gasteiger partial charge is 0.481 e. The number of piperazine rings is 2. The fraction of sp³-hybridized carbons (Fsp3) is 0.842. The second-order valence-electron chi connectivity index (χ2n) is 17.3. The first-order valence-corrected chi connectivity index (χ1v) is 19.8. The van der Waals surface area contributed by atoms with Crippen LogP contribution < -0.4 is 0 Å². The van der Waals surface area contributed by atoms with Gasteiger partial charge in [-0.15, -0.1) is 0 Å². The monoisotopic (exact) mass is 800 g/mol. The van der Waals surface area contributed by atoms with Gasteiger partial charge in [0.25, 0.3) is 0 Å². The lowest BCUT2D eigenvalue weighted by molar-refractivity contribution is -0.178. The molecule has 4 bridgehead atoms. The average molecular weight is 801 g/mol. The van der Waals surface area contributed by atoms with Crippen LogP contribution in [0.25, 0.3) is 0 Å². The number of carbonyl (C=O) groups excluding carboxylic acids is 5. The van der Waals surface area contributed by atoms with Crippen molar-refractivity contribution in [1.82, 2.24) is 19.6 Å². The number of halogens is 1. The molecule has 0 aliphatic carbocycles. The van der Waals surface area contributed by atoms with Gasteiger partial charge < -0.3 is 48.4 Å². The molecule has 6 aliphatic heterocycles. The van der Waals surface area contributed by atoms with Crippen molar-refractivity contribution in [2.75, 3.05) is 79.3 Å². The topological polar surface area (TPSA) is 182 Å². The highest BCUT2D eigenvalue weighted by molar-refractivity contribution is 6.17. The minimum absolute atomic E-state index is 0.0206. The molecule has 6 fully saturated rings. The molecule has 16 nitrogen and oxygen atoms in total. The number of likely N-dealkylation sites (N-methyl/N-ethyl adjacent to an activating group) is 2. The van der Waals surface area contributed by atoms with Crippen LogP contribution in [0.5, 0.6) is 0 Å². The van der Waals surface area contributed by atoms with Crippen molar-refractivity contribution in [2.24, 2.45) is 34.5 Å². The number of alkyl halides is 1. The van der Waals surface area contributed by atoms with Gasteiger partial charge in [-0.2, -0.15) is 0 Å². The third-order valence-electron chi connectivity index (χ3n) is 11.1. The van der Waals surface area contributed by atoms with Gasteiger partial charge in [0.05, 0.1) is 58.9 Å². The van der Waals surface area contributed by atoms with Crippen molar-refractivity contribution in [3.05, 3.63) is 0 Å². The van der Waals surface area contributed by atoms with Crippen molar-refractivity contribution in [2.45, 2.75) is 91.6 Å². The van der Waals surface area contributed by atoms with Crippen molar-refractivity contribution >= 4 is 47.3 Å². The molecular weight excluding hydrogens is 740 g/mol. The lowest BCUT2D eigenvalue weighted by Gasteiger charge is -2.36. The second-order valence-corrected chi connectivity index (χ2v) is 17.6. The SMILES string of the molecule is CC(C)(C)C(=O)OCCl.CN1CCN(C(=O)[C@@H]2[C@H](C(=O)O)[C@H]3CC[C@@H]2O3)CC1.CN1CCN(C(=O)[C@@H]2[C@H](C(=O)OCOC(=O)C(C)(C)C)[C@H]3CC[C@@H]2O3)CC1. The van der Waals surface area contributed by atoms with Crippen LogP contribution in [0, 0.1) is 34.5 Å². The molecule has 0 unspecified atom stereocenters. The summed E-state index contributed by atoms with van der Waals surface area (Å²) in [5.41, 5.74) is -1.10. The zero-order chi connectivity index (χ0) is 40.8. The molecule has 6 aliphatic rings. The van der Waals surface area contributed by atoms with E-state index in [1.807, 2.05) is 23.9 Å². The summed E-state index contributed by atoms with van der Waals surface area (Å²) in [7, 11) is 4.06. The molecule has 0 saturated carbocycles. The third kappa shape index (κ3) is 11.3. The van der Waals surface area contributed by atoms with E-state index < -0.39 is 59.2 Å². The molecule has 1 N–H and O–H groups in total. The quantitative estimate of drug-likeness (QED) is 0.225. The first-order chi connectivity index (χ1) is 25.7. The van der Waals surface area contributed by atoms with Crippen molar-refractivity contribution in [3.63, 3.8) is 0 Å². The number of ether oxygens (including phenoxy) is 5. The molecule has 6 saturated heterocycles. The fourth-order valence-corrected chi connectivity index (χ4v) is 7.89. The van der Waals surface area contributed by atoms with Gasteiger partial charge >= 0.3 is 23.9 Å². The molecular formula is C38H61ClN4O12. The van der Waals surface area contributed by atoms with Crippen LogP contribution in [0.3, 0.4) is 0 Å². The van der Waals surface area contributed by atoms with E-state index in [1.54, 1.807) is 41.5 Å². The molecule has 0 spiro atoms. The maximum atomic E-state index is 13.1. The predicted molar refractivity (Wildman–Crippen MR) is 198 cm³/mol. The Kier molecular flexibility index (Phi) is 15.4. The molecule has 2 amide bonds. The summed E-state index contributed by atoms with van der Waals surface area (Å²) in [6.45, 7) is 16.1. The molecule has 0 aromatic carbocycles. The van der Waals surface area contributed by atoms with E-state index in [-0.39, 0.29) is 48.3 Å². The standard InChI is InChI=1S/C19H30N2O6.C13H20N2O4.C6H11ClO2/c1-19(2,3)18(24)26-11-25-17(23)15-13-6-5-12(27-13)14(15)16(22)21-9-7-20(4)8-10-21;1-14-4-6-15(7-5-14)12(16)10-8-2-3-9(19-8)11(10)13(17)18;1-6(2,3)5(8)9-4-7/h12-15H,5-11H2,1-4H3;8-11H,2-7H2,1H3,(H,17,18);4H2,1-3H3/t12-,13+,14-,15+;8-,9+,10-,11+;/m00./s1. The molecule has 6 rings (SSSR count). The highest BCUT2D eigenvalue weighted by Crippen LogP contribution is 2.46. The highest BCUT2D eigenvalue weighted by atomic mass is 35.5. The van der Waals surface area contributed by atoms with E-state index in [4.69, 9.17) is 30.5 Å². The number of esters is 3. The Morgan fingerprint density at radius 2 is 0.945 bits per heavy atom. The number of nitrogens with zero attached hydrogens (tertiary/aromatic N) is 4. The summed E-state index contributed by atoms with van der Waals surface area (Å²) in [4.78, 5) is 80.2. The van der Waals surface area contributed by atoms with E-state index in [9.17, 15) is 33.9 Å². The smallest absolute Gasteiger partial charge is 0.315 e. The summed E-state index contributed by atoms with van der Waals surface area (Å²) in [5, 5.41) is 9.34. The maximum absolute atomic E-state index is 13.1. The van der Waals surface area contributed by atoms with Gasteiger partial charge in [0.2, 0.25) is 18.6 Å². The number of fused-ring (bicyclic) bond motifs is 4. The molecule has 6 heterocycles. The number of rotatable bonds is 7. The molecule has 0 aromatic heterocycles. The number of aliphatic carboxylic acids is 1. The Labute approximate surface area is 329 Å². The first kappa shape index (κ1) is 44.7. The molecule has 0 aromatic rings. The van der Waals surface area contributed by atoms with Crippen LogP contribution in [0.15, 0.2) is 0 Å². The van der Waals surface area contributed by atoms with E-state index in [0.29, 0.717) is 26.2 Å². The van der Waals surface area contributed by atoms with Crippen LogP contribution in [0.4, 0.5) is 0 Å². The number of carbonyl (C=O) groups is 6. The molecule has 17 heteroatoms. The van der Waals surface area contributed by atoms with Gasteiger partial charge in [0, 0.05) is 52.4 Å². The zero-order valence-corrected chi connectivity index (χ0v) is 34.4. The molecule has 55 heavy (non-hydrogen) atoms. The van der Waals surface area contributed by atoms with Crippen LogP contribution >= 0.6 is 11.6 Å². The number of carboxylic acids is 1. The van der Waals surface area contributed by atoms with Crippen LogP contribution in [0.2, 0.25) is 0 Å². The molecule has 8 atom stereocenters. The van der Waals surface area contributed by atoms with Crippen LogP contribution in [-0.4, -0.2) is 164 Å². The van der Waals surface area contributed by atoms with Crippen molar-refractivity contribution < 1.29 is 57.6 Å². The van der Waals surface area contributed by atoms with Crippen molar-refractivity contribution in [1.29, 1.82) is 0 Å². The maximum Gasteiger partial charge on any atom is 0.315 e. The van der Waals surface area contributed by atoms with Crippen LogP contribution in [-0.2, 0) is 52.5 Å². The number of amides is 2. The first-order valence-electron chi connectivity index (χ1n) is 19.3. The van der Waals surface area contributed by atoms with Gasteiger partial charge in [0.15, 0.2) is 6.07 Å². The molecule has 312 valence electrons. The summed E-state index contributed by atoms with van der Waals surface area (Å²) in [6, 6.07) is -0.0594. The molecule has 0 radical (unpaired) electrons. The van der Waals surface area contributed by atoms with E-state index in [1.165, 1.54) is 0 Å². The summed E-state index contributed by atoms with van der Waals surface area (Å²) < 4.78 is 26.3. The van der Waals surface area contributed by atoms with Gasteiger partial charge in [-0.25, -0.2) is 0 Å². The lowest BCUT2D eigenvalue weighted by atomic mass is 9.78. The number of hydrogen-bond donors (Lipinski definition) is 1. The van der Waals surface area contributed by atoms with Crippen LogP contribution in [0.1, 0.15) is 67.2 Å². The highest BCUT2D eigenvalue weighted by Gasteiger charge is 2.58. The minimum Gasteiger partial charge on any atom is -0.481 e. The average Bonchev–Trinajstić information content (AvgIpc) is 3.94. The Morgan fingerprint density at radius 3 is 1.31 bits per heavy atom. The second kappa shape index (κ2) is 18.9. The Bertz CT molecular complexity index is 1390. The lowest BCUT2D eigenvalue weighted by Crippen LogP contribution is -2.52. The summed E-state index contributed by atoms with van der Waals surface area (Å²) >= 11 is 5.16. The Balaban J connectivity index is 0.000000208. The van der Waals surface area contributed by atoms with Gasteiger partial charge in [-0.3, -0.25) is 28.8 Å². The summed E-state index contributed by atoms with van der Waals surface area (Å²) in [6.07, 6.45) is 2.17. The number of hydrogen-bond acceptors (Lipinski definition) is 13. The predicted octanol–water partition coefficient (Wildman–Crippen LogP) is 2.05. The zero-order valence-electron chi connectivity index (χ0n) is 33.6. The minimum atomic E-state index is -0.889. The van der Waals surface area contributed by atoms with E-state index >= 15 is 0 Å². The fourth-order valence-electron chi connectivity index (χ4n) is 7.79. The Morgan fingerprint density at radius 1 is 0.582 bits per heavy atom. The van der Waals surface area contributed by atoms with Gasteiger partial charge in [-0.05, 0) is 81.3 Å².